The van der Waals surface area contributed by atoms with Crippen molar-refractivity contribution < 1.29 is 22.7 Å². The fourth-order valence-corrected chi connectivity index (χ4v) is 15.0. The third-order valence-electron chi connectivity index (χ3n) is 18.8. The molecule has 2 aromatic carbocycles. The Bertz CT molecular complexity index is 1770. The van der Waals surface area contributed by atoms with Crippen LogP contribution in [0.25, 0.3) is 16.9 Å². The molecule has 2 nitrogen and oxygen atoms in total. The van der Waals surface area contributed by atoms with Gasteiger partial charge in [0.1, 0.15) is 0 Å². The van der Waals surface area contributed by atoms with Crippen LogP contribution in [0.5, 0.6) is 0 Å². The summed E-state index contributed by atoms with van der Waals surface area (Å²) in [5, 5.41) is 0. The van der Waals surface area contributed by atoms with Crippen molar-refractivity contribution in [2.75, 3.05) is 0 Å². The molecule has 0 aliphatic carbocycles. The zero-order chi connectivity index (χ0) is 61.5. The van der Waals surface area contributed by atoms with E-state index in [-0.39, 0.29) is 0 Å². The van der Waals surface area contributed by atoms with Gasteiger partial charge in [-0.1, -0.05) is 264 Å². The summed E-state index contributed by atoms with van der Waals surface area (Å²) in [6.07, 6.45) is 88.3. The summed E-state index contributed by atoms with van der Waals surface area (Å²) in [5.41, 5.74) is 19.3. The average molecular weight is 1280 g/mol. The zero-order valence-electron chi connectivity index (χ0n) is 58.7. The van der Waals surface area contributed by atoms with Crippen LogP contribution in [0.4, 0.5) is 0 Å². The Morgan fingerprint density at radius 3 is 0.837 bits per heavy atom. The van der Waals surface area contributed by atoms with Crippen LogP contribution in [0, 0.1) is 0 Å². The quantitative estimate of drug-likeness (QED) is 0.0358. The van der Waals surface area contributed by atoms with Crippen molar-refractivity contribution in [2.24, 2.45) is 0 Å². The van der Waals surface area contributed by atoms with Crippen molar-refractivity contribution in [3.05, 3.63) is 88.0 Å². The van der Waals surface area contributed by atoms with Gasteiger partial charge >= 0.3 is 169 Å². The van der Waals surface area contributed by atoms with E-state index in [9.17, 15) is 5.53 Å². The fraction of sp³-hybridized carbons (Fsp3) is 0.807. The van der Waals surface area contributed by atoms with Crippen molar-refractivity contribution >= 4 is 11.4 Å². The predicted molar refractivity (Wildman–Crippen MR) is 385 cm³/mol. The molecule has 1 aliphatic rings. The average Bonchev–Trinajstić information content (AvgIpc) is 1.85. The molecule has 3 rings (SSSR count). The first-order valence-electron chi connectivity index (χ1n) is 39.2. The minimum absolute atomic E-state index is 0.902. The SMILES string of the molecule is CCCCCC1=C(c2cccc(CCCC)c2)[N+](=[N-])C(c2cccc(CCCC)c2)=C1.CCCCCCCCCCCCCCCCCCCCCCCCCC[CH2][Pd][CH2]CCCCCCCCCCCCCCCCCCCCCCCCCC. The van der Waals surface area contributed by atoms with E-state index in [2.05, 4.69) is 89.2 Å². The molecule has 500 valence electrons. The molecule has 0 atom stereocenters. The predicted octanol–water partition coefficient (Wildman–Crippen LogP) is 30.2. The monoisotopic (exact) mass is 1280 g/mol. The minimum atomic E-state index is 0.902. The molecule has 0 bridgehead atoms. The third kappa shape index (κ3) is 47.1. The van der Waals surface area contributed by atoms with Gasteiger partial charge in [0.05, 0.1) is 0 Å². The molecule has 0 fully saturated rings. The van der Waals surface area contributed by atoms with Crippen LogP contribution in [0.15, 0.2) is 60.2 Å². The summed E-state index contributed by atoms with van der Waals surface area (Å²) in [6, 6.07) is 17.4. The molecule has 0 saturated heterocycles. The van der Waals surface area contributed by atoms with Gasteiger partial charge in [0.2, 0.25) is 11.4 Å². The van der Waals surface area contributed by atoms with E-state index >= 15 is 0 Å². The Kier molecular flexibility index (Phi) is 59.1. The molecular formula is C83H148N2Pd. The van der Waals surface area contributed by atoms with Crippen LogP contribution in [0.2, 0.25) is 9.79 Å². The van der Waals surface area contributed by atoms with E-state index in [1.165, 1.54) is 381 Å². The molecule has 1 aliphatic heterocycles. The van der Waals surface area contributed by atoms with Crippen LogP contribution in [-0.4, -0.2) is 4.70 Å². The number of hydrogen-bond acceptors (Lipinski definition) is 0. The Labute approximate surface area is 548 Å². The molecule has 0 amide bonds. The van der Waals surface area contributed by atoms with Crippen molar-refractivity contribution in [1.29, 1.82) is 0 Å². The van der Waals surface area contributed by atoms with Crippen LogP contribution < -0.4 is 0 Å². The van der Waals surface area contributed by atoms with E-state index in [0.717, 1.165) is 66.2 Å². The third-order valence-corrected chi connectivity index (χ3v) is 21.0. The number of hydrogen-bond donors (Lipinski definition) is 0. The Hall–Kier alpha value is -1.82. The van der Waals surface area contributed by atoms with Gasteiger partial charge in [-0.15, -0.1) is 0 Å². The van der Waals surface area contributed by atoms with E-state index in [1.807, 2.05) is 0 Å². The molecular weight excluding hydrogens is 1130 g/mol. The second-order valence-corrected chi connectivity index (χ2v) is 29.6. The van der Waals surface area contributed by atoms with Crippen molar-refractivity contribution in [2.45, 2.75) is 430 Å². The van der Waals surface area contributed by atoms with Crippen molar-refractivity contribution in [3.8, 4) is 0 Å². The number of aryl methyl sites for hydroxylation is 2. The van der Waals surface area contributed by atoms with Gasteiger partial charge in [-0.25, -0.2) is 4.70 Å². The topological polar surface area (TPSA) is 25.3 Å². The molecule has 0 radical (unpaired) electrons. The van der Waals surface area contributed by atoms with Gasteiger partial charge in [-0.05, 0) is 73.9 Å². The van der Waals surface area contributed by atoms with Gasteiger partial charge < -0.3 is 5.53 Å². The second kappa shape index (κ2) is 63.3. The smallest absolute Gasteiger partial charge is 0.0654 e. The van der Waals surface area contributed by atoms with E-state index < -0.39 is 0 Å². The van der Waals surface area contributed by atoms with Crippen molar-refractivity contribution in [3.63, 3.8) is 0 Å². The molecule has 0 spiro atoms. The van der Waals surface area contributed by atoms with E-state index in [4.69, 9.17) is 0 Å². The molecule has 2 aromatic rings. The van der Waals surface area contributed by atoms with E-state index in [0.29, 0.717) is 0 Å². The fourth-order valence-electron chi connectivity index (χ4n) is 13.0. The molecule has 1 heterocycles. The summed E-state index contributed by atoms with van der Waals surface area (Å²) >= 11 is 1.05. The summed E-state index contributed by atoms with van der Waals surface area (Å²) in [6.45, 7) is 11.3. The first kappa shape index (κ1) is 80.3. The van der Waals surface area contributed by atoms with Gasteiger partial charge in [-0.3, -0.25) is 0 Å². The normalized spacial score (nSPS) is 12.5. The first-order chi connectivity index (χ1) is 42.6. The molecule has 0 unspecified atom stereocenters. The van der Waals surface area contributed by atoms with Gasteiger partial charge in [0, 0.05) is 22.8 Å². The number of nitrogens with zero attached hydrogens (tertiary/aromatic N) is 2. The van der Waals surface area contributed by atoms with E-state index in [1.54, 1.807) is 9.79 Å². The number of unbranched alkanes of at least 4 members (excludes halogenated alkanes) is 52. The summed E-state index contributed by atoms with van der Waals surface area (Å²) in [7, 11) is 0. The Morgan fingerprint density at radius 1 is 0.279 bits per heavy atom. The standard InChI is InChI=1S/C29H38N2.2C27H55.Pd/c1-4-7-10-17-27-22-28(25-18-11-15-23(20-25)13-8-5-2)31(30)29(27)26-19-12-16-24(21-26)14-9-6-3;2*1-3-5-7-9-11-13-15-17-19-21-23-25-27-26-24-22-20-18-16-14-12-10-8-6-4-2;/h11-12,15-16,18-22H,4-10,13-14,17H2,1-3H3;2*1,3-27H2,2H3;. The zero-order valence-corrected chi connectivity index (χ0v) is 60.3. The number of benzene rings is 2. The molecule has 0 aromatic heterocycles. The second-order valence-electron chi connectivity index (χ2n) is 27.2. The van der Waals surface area contributed by atoms with Gasteiger partial charge in [-0.2, -0.15) is 0 Å². The first-order valence-corrected chi connectivity index (χ1v) is 41.4. The summed E-state index contributed by atoms with van der Waals surface area (Å²) in [4.78, 5) is 3.10. The van der Waals surface area contributed by atoms with Crippen LogP contribution in [0.3, 0.4) is 0 Å². The number of allylic oxidation sites excluding steroid dienone is 2. The molecule has 0 saturated carbocycles. The van der Waals surface area contributed by atoms with Gasteiger partial charge in [0.15, 0.2) is 0 Å². The van der Waals surface area contributed by atoms with Crippen molar-refractivity contribution in [1.82, 2.24) is 0 Å². The maximum atomic E-state index is 11.3. The molecule has 86 heavy (non-hydrogen) atoms. The number of rotatable bonds is 64. The van der Waals surface area contributed by atoms with Crippen LogP contribution in [0.1, 0.15) is 429 Å². The maximum absolute atomic E-state index is 11.3. The summed E-state index contributed by atoms with van der Waals surface area (Å²) in [5.74, 6) is 0. The van der Waals surface area contributed by atoms with Crippen LogP contribution in [-0.2, 0) is 30.8 Å². The van der Waals surface area contributed by atoms with Crippen LogP contribution >= 0.6 is 0 Å². The van der Waals surface area contributed by atoms with Gasteiger partial charge in [0.25, 0.3) is 0 Å². The Balaban J connectivity index is 0.000000679. The molecule has 0 N–H and O–H groups in total. The minimum Gasteiger partial charge on any atom is -0.0654 e. The summed E-state index contributed by atoms with van der Waals surface area (Å²) < 4.78 is 1.44. The Morgan fingerprint density at radius 2 is 0.535 bits per heavy atom. The molecule has 3 heteroatoms.